The molecule has 0 radical (unpaired) electrons. The van der Waals surface area contributed by atoms with E-state index in [4.69, 9.17) is 33.2 Å². The topological polar surface area (TPSA) is 93.4 Å². The number of aromatic nitrogens is 2. The molecule has 1 aromatic heterocycles. The number of likely N-dealkylation sites (N-methyl/N-ethyl adjacent to an activating group) is 1. The lowest BCUT2D eigenvalue weighted by Gasteiger charge is -2.29. The van der Waals surface area contributed by atoms with E-state index in [1.807, 2.05) is 98.2 Å². The fourth-order valence-corrected chi connectivity index (χ4v) is 6.96. The van der Waals surface area contributed by atoms with Crippen LogP contribution < -0.4 is 9.80 Å². The SMILES string of the molecule is CCN1C(=O)C(C#N)=C(C)/C(=C/C=C2N(c3c(C)cc(Cl)cc3C)c3nc4ccccc4nc3N2c2c(C)cc(Cl)cc2C)C1=O. The van der Waals surface area contributed by atoms with Gasteiger partial charge in [0.1, 0.15) is 17.5 Å². The summed E-state index contributed by atoms with van der Waals surface area (Å²) in [4.78, 5) is 41.9. The van der Waals surface area contributed by atoms with Crippen molar-refractivity contribution in [2.75, 3.05) is 16.3 Å². The summed E-state index contributed by atoms with van der Waals surface area (Å²) in [5, 5.41) is 11.0. The lowest BCUT2D eigenvalue weighted by Crippen LogP contribution is -2.42. The number of benzene rings is 3. The zero-order valence-electron chi connectivity index (χ0n) is 26.2. The second kappa shape index (κ2) is 11.8. The molecular formula is C36H30Cl2N6O2. The molecule has 0 aliphatic carbocycles. The Labute approximate surface area is 277 Å². The molecule has 0 atom stereocenters. The molecule has 3 heterocycles. The molecule has 0 spiro atoms. The Morgan fingerprint density at radius 1 is 0.761 bits per heavy atom. The number of allylic oxidation sites excluding steroid dienone is 2. The largest absolute Gasteiger partial charge is 0.276 e. The molecule has 230 valence electrons. The lowest BCUT2D eigenvalue weighted by molar-refractivity contribution is -0.140. The van der Waals surface area contributed by atoms with Gasteiger partial charge in [-0.3, -0.25) is 24.3 Å². The lowest BCUT2D eigenvalue weighted by atomic mass is 9.95. The molecule has 10 heteroatoms. The quantitative estimate of drug-likeness (QED) is 0.162. The van der Waals surface area contributed by atoms with Crippen LogP contribution in [0.1, 0.15) is 36.1 Å². The van der Waals surface area contributed by atoms with Crippen LogP contribution in [0, 0.1) is 39.0 Å². The van der Waals surface area contributed by atoms with Crippen molar-refractivity contribution < 1.29 is 9.59 Å². The van der Waals surface area contributed by atoms with E-state index < -0.39 is 11.8 Å². The van der Waals surface area contributed by atoms with Crippen LogP contribution in [0.15, 0.2) is 83.2 Å². The minimum Gasteiger partial charge on any atom is -0.276 e. The summed E-state index contributed by atoms with van der Waals surface area (Å²) in [7, 11) is 0. The maximum atomic E-state index is 13.6. The van der Waals surface area contributed by atoms with Crippen molar-refractivity contribution in [1.29, 1.82) is 5.26 Å². The zero-order valence-corrected chi connectivity index (χ0v) is 27.7. The van der Waals surface area contributed by atoms with E-state index in [0.29, 0.717) is 33.1 Å². The summed E-state index contributed by atoms with van der Waals surface area (Å²) in [5.41, 5.74) is 7.32. The highest BCUT2D eigenvalue weighted by molar-refractivity contribution is 6.31. The van der Waals surface area contributed by atoms with Gasteiger partial charge in [0.15, 0.2) is 11.6 Å². The van der Waals surface area contributed by atoms with Crippen LogP contribution in [0.3, 0.4) is 0 Å². The summed E-state index contributed by atoms with van der Waals surface area (Å²) < 4.78 is 0. The number of carbonyl (C=O) groups excluding carboxylic acids is 2. The molecule has 46 heavy (non-hydrogen) atoms. The summed E-state index contributed by atoms with van der Waals surface area (Å²) in [6.45, 7) is 11.4. The summed E-state index contributed by atoms with van der Waals surface area (Å²) in [5.74, 6) is 0.772. The van der Waals surface area contributed by atoms with E-state index in [9.17, 15) is 14.9 Å². The smallest absolute Gasteiger partial charge is 0.271 e. The molecule has 3 aromatic carbocycles. The molecule has 0 fully saturated rings. The Hall–Kier alpha value is -4.97. The van der Waals surface area contributed by atoms with Crippen LogP contribution in [0.4, 0.5) is 23.0 Å². The molecule has 2 aliphatic rings. The average Bonchev–Trinajstić information content (AvgIpc) is 3.27. The number of hydrogen-bond donors (Lipinski definition) is 0. The highest BCUT2D eigenvalue weighted by Crippen LogP contribution is 2.51. The van der Waals surface area contributed by atoms with Gasteiger partial charge < -0.3 is 0 Å². The van der Waals surface area contributed by atoms with Crippen LogP contribution in [-0.4, -0.2) is 33.2 Å². The number of anilines is 4. The number of amides is 2. The van der Waals surface area contributed by atoms with Gasteiger partial charge in [-0.15, -0.1) is 0 Å². The van der Waals surface area contributed by atoms with Crippen LogP contribution in [0.25, 0.3) is 11.0 Å². The number of rotatable bonds is 4. The Morgan fingerprint density at radius 2 is 1.22 bits per heavy atom. The van der Waals surface area contributed by atoms with Gasteiger partial charge in [-0.1, -0.05) is 35.3 Å². The molecular weight excluding hydrogens is 619 g/mol. The average molecular weight is 650 g/mol. The summed E-state index contributed by atoms with van der Waals surface area (Å²) in [6.07, 6.45) is 3.50. The molecule has 6 rings (SSSR count). The first kappa shape index (κ1) is 31.0. The second-order valence-electron chi connectivity index (χ2n) is 11.4. The number of carbonyl (C=O) groups is 2. The van der Waals surface area contributed by atoms with Gasteiger partial charge in [0.2, 0.25) is 0 Å². The molecule has 4 aromatic rings. The van der Waals surface area contributed by atoms with Crippen LogP contribution in [0.5, 0.6) is 0 Å². The van der Waals surface area contributed by atoms with Crippen LogP contribution in [-0.2, 0) is 9.59 Å². The number of hydrogen-bond acceptors (Lipinski definition) is 7. The van der Waals surface area contributed by atoms with Crippen molar-refractivity contribution in [1.82, 2.24) is 14.9 Å². The van der Waals surface area contributed by atoms with E-state index in [1.165, 1.54) is 0 Å². The van der Waals surface area contributed by atoms with Gasteiger partial charge in [0, 0.05) is 22.2 Å². The predicted octanol–water partition coefficient (Wildman–Crippen LogP) is 8.46. The number of nitriles is 1. The van der Waals surface area contributed by atoms with Gasteiger partial charge in [-0.25, -0.2) is 9.97 Å². The summed E-state index contributed by atoms with van der Waals surface area (Å²) >= 11 is 13.0. The number of para-hydroxylation sites is 2. The molecule has 0 saturated carbocycles. The van der Waals surface area contributed by atoms with Gasteiger partial charge in [0.25, 0.3) is 11.8 Å². The highest BCUT2D eigenvalue weighted by Gasteiger charge is 2.40. The Kier molecular flexibility index (Phi) is 7.93. The first-order chi connectivity index (χ1) is 22.0. The van der Waals surface area contributed by atoms with E-state index in [2.05, 4.69) is 0 Å². The molecule has 2 amide bonds. The van der Waals surface area contributed by atoms with Crippen molar-refractivity contribution in [2.24, 2.45) is 0 Å². The molecule has 0 bridgehead atoms. The van der Waals surface area contributed by atoms with Gasteiger partial charge in [0.05, 0.1) is 22.4 Å². The van der Waals surface area contributed by atoms with Crippen LogP contribution >= 0.6 is 23.2 Å². The van der Waals surface area contributed by atoms with Gasteiger partial charge in [-0.2, -0.15) is 5.26 Å². The van der Waals surface area contributed by atoms with E-state index in [1.54, 1.807) is 19.9 Å². The number of nitrogens with zero attached hydrogens (tertiary/aromatic N) is 6. The predicted molar refractivity (Wildman–Crippen MR) is 183 cm³/mol. The monoisotopic (exact) mass is 648 g/mol. The molecule has 0 saturated heterocycles. The van der Waals surface area contributed by atoms with Crippen molar-refractivity contribution in [2.45, 2.75) is 41.5 Å². The standard InChI is InChI=1S/C36H30Cl2N6O2/c1-7-42-35(45)26(23(6)27(18-39)36(42)46)12-13-30-43(31-19(2)14-24(37)15-20(31)3)33-34(41-29-11-9-8-10-28(29)40-33)44(30)32-21(4)16-25(38)17-22(32)5/h8-17H,7H2,1-6H3/b26-12-. The minimum atomic E-state index is -0.589. The number of imide groups is 1. The normalized spacial score (nSPS) is 15.8. The van der Waals surface area contributed by atoms with Crippen LogP contribution in [0.2, 0.25) is 10.0 Å². The summed E-state index contributed by atoms with van der Waals surface area (Å²) in [6, 6.07) is 17.3. The van der Waals surface area contributed by atoms with Crippen molar-refractivity contribution >= 4 is 69.1 Å². The maximum absolute atomic E-state index is 13.6. The number of fused-ring (bicyclic) bond motifs is 2. The number of aryl methyl sites for hydroxylation is 4. The third-order valence-electron chi connectivity index (χ3n) is 8.32. The minimum absolute atomic E-state index is 0.0575. The van der Waals surface area contributed by atoms with E-state index in [-0.39, 0.29) is 17.7 Å². The molecule has 8 nitrogen and oxygen atoms in total. The Balaban J connectivity index is 1.73. The van der Waals surface area contributed by atoms with E-state index in [0.717, 1.165) is 49.6 Å². The van der Waals surface area contributed by atoms with Gasteiger partial charge >= 0.3 is 0 Å². The maximum Gasteiger partial charge on any atom is 0.271 e. The van der Waals surface area contributed by atoms with Crippen molar-refractivity contribution in [3.8, 4) is 6.07 Å². The van der Waals surface area contributed by atoms with Crippen molar-refractivity contribution in [3.05, 3.63) is 116 Å². The molecule has 0 unspecified atom stereocenters. The fourth-order valence-electron chi connectivity index (χ4n) is 6.30. The fraction of sp³-hybridized carbons (Fsp3) is 0.194. The third kappa shape index (κ3) is 4.93. The molecule has 2 aliphatic heterocycles. The highest BCUT2D eigenvalue weighted by atomic mass is 35.5. The Bertz CT molecular complexity index is 1990. The van der Waals surface area contributed by atoms with Gasteiger partial charge in [-0.05, 0) is 118 Å². The number of halogens is 2. The third-order valence-corrected chi connectivity index (χ3v) is 8.75. The molecule has 0 N–H and O–H groups in total. The van der Waals surface area contributed by atoms with E-state index >= 15 is 0 Å². The second-order valence-corrected chi connectivity index (χ2v) is 12.3. The first-order valence-corrected chi connectivity index (χ1v) is 15.5. The van der Waals surface area contributed by atoms with Crippen molar-refractivity contribution in [3.63, 3.8) is 0 Å². The first-order valence-electron chi connectivity index (χ1n) is 14.8. The Morgan fingerprint density at radius 3 is 1.63 bits per heavy atom. The zero-order chi connectivity index (χ0) is 33.0.